The first-order valence-corrected chi connectivity index (χ1v) is 8.68. The van der Waals surface area contributed by atoms with Crippen LogP contribution in [0, 0.1) is 0 Å². The summed E-state index contributed by atoms with van der Waals surface area (Å²) in [5.41, 5.74) is 1.35. The molecule has 0 atom stereocenters. The largest absolute Gasteiger partial charge is 0.368 e. The van der Waals surface area contributed by atoms with Gasteiger partial charge in [0.15, 0.2) is 11.5 Å². The van der Waals surface area contributed by atoms with E-state index >= 15 is 0 Å². The van der Waals surface area contributed by atoms with Crippen LogP contribution in [0.3, 0.4) is 0 Å². The number of amides is 1. The number of carbonyl (C=O) groups excluding carboxylic acids is 1. The fourth-order valence-corrected chi connectivity index (χ4v) is 3.05. The third-order valence-electron chi connectivity index (χ3n) is 4.42. The third kappa shape index (κ3) is 3.30. The Bertz CT molecular complexity index is 915. The van der Waals surface area contributed by atoms with Crippen LogP contribution in [0.25, 0.3) is 11.2 Å². The van der Waals surface area contributed by atoms with Gasteiger partial charge in [-0.15, -0.1) is 0 Å². The fraction of sp³-hybridized carbons (Fsp3) is 0.438. The predicted molar refractivity (Wildman–Crippen MR) is 97.1 cm³/mol. The number of aromatic amines is 1. The number of nitrogens with one attached hydrogen (secondary N) is 3. The van der Waals surface area contributed by atoms with Gasteiger partial charge in [0.25, 0.3) is 0 Å². The van der Waals surface area contributed by atoms with Crippen molar-refractivity contribution in [2.75, 3.05) is 30.3 Å². The fourth-order valence-electron chi connectivity index (χ4n) is 3.05. The Balaban J connectivity index is 1.44. The summed E-state index contributed by atoms with van der Waals surface area (Å²) in [6.07, 6.45) is 5.80. The van der Waals surface area contributed by atoms with Crippen LogP contribution in [-0.2, 0) is 11.8 Å². The van der Waals surface area contributed by atoms with Crippen molar-refractivity contribution >= 4 is 34.7 Å². The van der Waals surface area contributed by atoms with Gasteiger partial charge in [-0.3, -0.25) is 9.48 Å². The van der Waals surface area contributed by atoms with Crippen molar-refractivity contribution in [2.24, 2.45) is 7.05 Å². The number of H-pyrrole nitrogens is 1. The molecule has 1 fully saturated rings. The highest BCUT2D eigenvalue weighted by molar-refractivity contribution is 5.84. The number of fused-ring (bicyclic) bond motifs is 1. The number of anilines is 3. The number of hydrogen-bond acceptors (Lipinski definition) is 7. The van der Waals surface area contributed by atoms with Gasteiger partial charge < -0.3 is 20.5 Å². The molecule has 136 valence electrons. The van der Waals surface area contributed by atoms with E-state index in [0.29, 0.717) is 30.4 Å². The molecule has 4 heterocycles. The van der Waals surface area contributed by atoms with E-state index in [2.05, 4.69) is 35.7 Å². The molecule has 4 rings (SSSR count). The average Bonchev–Trinajstić information content (AvgIpc) is 3.35. The number of nitrogens with zero attached hydrogens (tertiary/aromatic N) is 6. The molecule has 3 aromatic rings. The average molecular weight is 355 g/mol. The van der Waals surface area contributed by atoms with E-state index in [1.807, 2.05) is 18.0 Å². The van der Waals surface area contributed by atoms with E-state index < -0.39 is 0 Å². The molecule has 1 aliphatic heterocycles. The van der Waals surface area contributed by atoms with Crippen LogP contribution in [0.5, 0.6) is 0 Å². The van der Waals surface area contributed by atoms with Crippen molar-refractivity contribution in [3.8, 4) is 0 Å². The number of carbonyl (C=O) groups is 1. The lowest BCUT2D eigenvalue weighted by Gasteiger charge is -2.15. The summed E-state index contributed by atoms with van der Waals surface area (Å²) in [4.78, 5) is 29.8. The van der Waals surface area contributed by atoms with Crippen LogP contribution >= 0.6 is 0 Å². The zero-order chi connectivity index (χ0) is 17.9. The maximum absolute atomic E-state index is 11.7. The lowest BCUT2D eigenvalue weighted by Crippen LogP contribution is -2.27. The summed E-state index contributed by atoms with van der Waals surface area (Å²) >= 11 is 0. The number of likely N-dealkylation sites (tertiary alicyclic amines) is 1. The minimum absolute atomic E-state index is 0.255. The van der Waals surface area contributed by atoms with E-state index in [9.17, 15) is 4.79 Å². The highest BCUT2D eigenvalue weighted by Crippen LogP contribution is 2.21. The normalized spacial score (nSPS) is 14.3. The lowest BCUT2D eigenvalue weighted by atomic mass is 10.3. The molecule has 0 bridgehead atoms. The van der Waals surface area contributed by atoms with Gasteiger partial charge in [0.2, 0.25) is 11.9 Å². The van der Waals surface area contributed by atoms with Crippen LogP contribution in [-0.4, -0.2) is 60.2 Å². The molecule has 0 radical (unpaired) electrons. The Labute approximate surface area is 150 Å². The Kier molecular flexibility index (Phi) is 4.38. The number of imidazole rings is 1. The first-order chi connectivity index (χ1) is 12.7. The molecule has 1 saturated heterocycles. The quantitative estimate of drug-likeness (QED) is 0.546. The van der Waals surface area contributed by atoms with E-state index in [1.54, 1.807) is 17.2 Å². The standard InChI is InChI=1S/C16H21N9O/c1-24-11(5-7-20-24)21-16-22-14(13-15(23-16)19-10-18-13)17-6-3-9-25-8-2-4-12(25)26/h5,7,10H,2-4,6,8-9H2,1H3,(H3,17,18,19,21,22,23). The molecule has 0 aliphatic carbocycles. The monoisotopic (exact) mass is 355 g/mol. The topological polar surface area (TPSA) is 117 Å². The molecule has 0 aromatic carbocycles. The Morgan fingerprint density at radius 2 is 2.27 bits per heavy atom. The molecular formula is C16H21N9O. The lowest BCUT2D eigenvalue weighted by molar-refractivity contribution is -0.127. The molecule has 26 heavy (non-hydrogen) atoms. The molecule has 1 aliphatic rings. The van der Waals surface area contributed by atoms with Gasteiger partial charge in [0, 0.05) is 39.2 Å². The highest BCUT2D eigenvalue weighted by Gasteiger charge is 2.19. The van der Waals surface area contributed by atoms with Gasteiger partial charge in [-0.05, 0) is 12.8 Å². The van der Waals surface area contributed by atoms with E-state index in [1.165, 1.54) is 0 Å². The molecule has 10 heteroatoms. The van der Waals surface area contributed by atoms with Crippen molar-refractivity contribution < 1.29 is 4.79 Å². The Morgan fingerprint density at radius 3 is 3.04 bits per heavy atom. The second-order valence-corrected chi connectivity index (χ2v) is 6.23. The summed E-state index contributed by atoms with van der Waals surface area (Å²) in [5, 5.41) is 10.6. The summed E-state index contributed by atoms with van der Waals surface area (Å²) in [5.74, 6) is 2.18. The van der Waals surface area contributed by atoms with Crippen LogP contribution in [0.1, 0.15) is 19.3 Å². The minimum atomic E-state index is 0.255. The summed E-state index contributed by atoms with van der Waals surface area (Å²) in [6, 6.07) is 1.85. The number of rotatable bonds is 7. The maximum Gasteiger partial charge on any atom is 0.232 e. The molecule has 1 amide bonds. The first-order valence-electron chi connectivity index (χ1n) is 8.68. The minimum Gasteiger partial charge on any atom is -0.368 e. The van der Waals surface area contributed by atoms with Crippen molar-refractivity contribution in [3.05, 3.63) is 18.6 Å². The smallest absolute Gasteiger partial charge is 0.232 e. The van der Waals surface area contributed by atoms with Gasteiger partial charge >= 0.3 is 0 Å². The molecular weight excluding hydrogens is 334 g/mol. The second-order valence-electron chi connectivity index (χ2n) is 6.23. The molecule has 3 aromatic heterocycles. The van der Waals surface area contributed by atoms with Crippen molar-refractivity contribution in [2.45, 2.75) is 19.3 Å². The van der Waals surface area contributed by atoms with E-state index in [4.69, 9.17) is 0 Å². The van der Waals surface area contributed by atoms with Crippen LogP contribution < -0.4 is 10.6 Å². The number of hydrogen-bond donors (Lipinski definition) is 3. The van der Waals surface area contributed by atoms with Crippen LogP contribution in [0.2, 0.25) is 0 Å². The van der Waals surface area contributed by atoms with Crippen molar-refractivity contribution in [1.29, 1.82) is 0 Å². The van der Waals surface area contributed by atoms with Gasteiger partial charge in [-0.1, -0.05) is 0 Å². The zero-order valence-corrected chi connectivity index (χ0v) is 14.6. The van der Waals surface area contributed by atoms with Gasteiger partial charge in [-0.25, -0.2) is 4.98 Å². The summed E-state index contributed by atoms with van der Waals surface area (Å²) in [7, 11) is 1.84. The molecule has 0 saturated carbocycles. The summed E-state index contributed by atoms with van der Waals surface area (Å²) < 4.78 is 1.71. The third-order valence-corrected chi connectivity index (χ3v) is 4.42. The molecule has 0 spiro atoms. The number of aryl methyl sites for hydroxylation is 1. The zero-order valence-electron chi connectivity index (χ0n) is 14.6. The Morgan fingerprint density at radius 1 is 1.35 bits per heavy atom. The van der Waals surface area contributed by atoms with Crippen LogP contribution in [0.15, 0.2) is 18.6 Å². The van der Waals surface area contributed by atoms with Crippen molar-refractivity contribution in [3.63, 3.8) is 0 Å². The van der Waals surface area contributed by atoms with Crippen molar-refractivity contribution in [1.82, 2.24) is 34.6 Å². The predicted octanol–water partition coefficient (Wildman–Crippen LogP) is 1.25. The number of aromatic nitrogens is 6. The molecule has 3 N–H and O–H groups in total. The summed E-state index contributed by atoms with van der Waals surface area (Å²) in [6.45, 7) is 2.35. The second kappa shape index (κ2) is 6.98. The van der Waals surface area contributed by atoms with Crippen LogP contribution in [0.4, 0.5) is 17.6 Å². The Hall–Kier alpha value is -3.17. The highest BCUT2D eigenvalue weighted by atomic mass is 16.2. The maximum atomic E-state index is 11.7. The van der Waals surface area contributed by atoms with E-state index in [-0.39, 0.29) is 5.91 Å². The first kappa shape index (κ1) is 16.3. The van der Waals surface area contributed by atoms with Gasteiger partial charge in [-0.2, -0.15) is 15.1 Å². The van der Waals surface area contributed by atoms with Gasteiger partial charge in [0.05, 0.1) is 12.5 Å². The molecule has 10 nitrogen and oxygen atoms in total. The van der Waals surface area contributed by atoms with Gasteiger partial charge in [0.1, 0.15) is 11.3 Å². The SMILES string of the molecule is Cn1nccc1Nc1nc(NCCCN2CCCC2=O)c2[nH]cnc2n1. The molecule has 0 unspecified atom stereocenters. The van der Waals surface area contributed by atoms with E-state index in [0.717, 1.165) is 37.3 Å².